The predicted octanol–water partition coefficient (Wildman–Crippen LogP) is 5.82. The van der Waals surface area contributed by atoms with Crippen LogP contribution in [0.2, 0.25) is 0 Å². The molecule has 46 heavy (non-hydrogen) atoms. The lowest BCUT2D eigenvalue weighted by molar-refractivity contribution is -0.154. The third kappa shape index (κ3) is 11.2. The summed E-state index contributed by atoms with van der Waals surface area (Å²) in [5.41, 5.74) is 1.47. The molecule has 0 radical (unpaired) electrons. The lowest BCUT2D eigenvalue weighted by atomic mass is 9.93. The van der Waals surface area contributed by atoms with Crippen molar-refractivity contribution in [1.82, 2.24) is 25.2 Å². The van der Waals surface area contributed by atoms with Crippen LogP contribution in [0.5, 0.6) is 17.5 Å². The minimum Gasteiger partial charge on any atom is -0.493 e. The number of para-hydroxylation sites is 1. The molecule has 0 aliphatic carbocycles. The number of carbonyl (C=O) groups is 1. The Morgan fingerprint density at radius 2 is 1.65 bits per heavy atom. The van der Waals surface area contributed by atoms with Crippen molar-refractivity contribution in [3.63, 3.8) is 0 Å². The van der Waals surface area contributed by atoms with Gasteiger partial charge in [-0.2, -0.15) is 28.1 Å². The van der Waals surface area contributed by atoms with Gasteiger partial charge in [0.1, 0.15) is 11.5 Å². The highest BCUT2D eigenvalue weighted by molar-refractivity contribution is 5.97. The first-order valence-electron chi connectivity index (χ1n) is 15.2. The fourth-order valence-electron chi connectivity index (χ4n) is 4.95. The maximum absolute atomic E-state index is 13.3. The molecule has 2 aromatic carbocycles. The maximum Gasteiger partial charge on any atom is 0.422 e. The number of nitrogens with zero attached hydrogens (tertiary/aromatic N) is 4. The minimum atomic E-state index is -4.59. The third-order valence-electron chi connectivity index (χ3n) is 6.90. The van der Waals surface area contributed by atoms with Crippen LogP contribution in [0, 0.1) is 5.41 Å². The van der Waals surface area contributed by atoms with Crippen molar-refractivity contribution in [3.8, 4) is 17.5 Å². The van der Waals surface area contributed by atoms with E-state index in [2.05, 4.69) is 49.6 Å². The number of carbonyl (C=O) groups excluding carboxylic acids is 1. The van der Waals surface area contributed by atoms with Crippen LogP contribution in [0.15, 0.2) is 42.5 Å². The van der Waals surface area contributed by atoms with Crippen LogP contribution in [0.4, 0.5) is 30.8 Å². The Labute approximate surface area is 267 Å². The monoisotopic (exact) mass is 645 g/mol. The number of anilines is 3. The van der Waals surface area contributed by atoms with Gasteiger partial charge >= 0.3 is 12.2 Å². The molecule has 1 amide bonds. The van der Waals surface area contributed by atoms with E-state index >= 15 is 0 Å². The molecule has 1 aliphatic heterocycles. The van der Waals surface area contributed by atoms with Crippen molar-refractivity contribution in [1.29, 1.82) is 0 Å². The first-order valence-corrected chi connectivity index (χ1v) is 15.2. The molecular weight excluding hydrogens is 603 g/mol. The van der Waals surface area contributed by atoms with E-state index in [1.807, 2.05) is 38.4 Å². The van der Waals surface area contributed by atoms with E-state index in [1.165, 1.54) is 0 Å². The van der Waals surface area contributed by atoms with E-state index in [9.17, 15) is 18.0 Å². The second-order valence-corrected chi connectivity index (χ2v) is 12.2. The standard InChI is InChI=1S/C32H42F3N7O4/c1-31(2,20-42(3)4)19-37-27(43)24-14-13-23-17-26(24)45-16-10-6-5-9-15-44-25-12-8-7-11-22(25)18-36-28-39-29(38-23)41-30(40-28)46-21-32(33,34)35/h7-8,11-14,17H,5-6,9-10,15-16,18-21H2,1-4H3,(H,37,43)(H2,36,38,39,40,41). The third-order valence-corrected chi connectivity index (χ3v) is 6.90. The first-order chi connectivity index (χ1) is 21.9. The molecular formula is C32H42F3N7O4. The highest BCUT2D eigenvalue weighted by Gasteiger charge is 2.29. The molecule has 3 aromatic rings. The summed E-state index contributed by atoms with van der Waals surface area (Å²) in [6.45, 7) is 4.97. The van der Waals surface area contributed by atoms with Gasteiger partial charge in [0, 0.05) is 37.0 Å². The Balaban J connectivity index is 1.62. The van der Waals surface area contributed by atoms with Crippen LogP contribution in [0.25, 0.3) is 0 Å². The molecule has 0 fully saturated rings. The van der Waals surface area contributed by atoms with Crippen molar-refractivity contribution < 1.29 is 32.2 Å². The van der Waals surface area contributed by atoms with E-state index < -0.39 is 18.8 Å². The molecule has 4 bridgehead atoms. The van der Waals surface area contributed by atoms with Crippen LogP contribution in [0.3, 0.4) is 0 Å². The van der Waals surface area contributed by atoms with E-state index in [4.69, 9.17) is 14.2 Å². The fourth-order valence-corrected chi connectivity index (χ4v) is 4.95. The number of nitrogens with one attached hydrogen (secondary N) is 3. The molecule has 3 N–H and O–H groups in total. The lowest BCUT2D eigenvalue weighted by Crippen LogP contribution is -2.40. The molecule has 11 nitrogen and oxygen atoms in total. The first kappa shape index (κ1) is 34.5. The fraction of sp³-hybridized carbons (Fsp3) is 0.500. The molecule has 1 aromatic heterocycles. The topological polar surface area (TPSA) is 123 Å². The van der Waals surface area contributed by atoms with Crippen molar-refractivity contribution >= 4 is 23.5 Å². The van der Waals surface area contributed by atoms with Crippen molar-refractivity contribution in [2.45, 2.75) is 52.3 Å². The summed E-state index contributed by atoms with van der Waals surface area (Å²) in [5.74, 6) is 0.689. The summed E-state index contributed by atoms with van der Waals surface area (Å²) in [7, 11) is 3.97. The van der Waals surface area contributed by atoms with Gasteiger partial charge in [0.05, 0.1) is 18.8 Å². The SMILES string of the molecule is CN(C)CC(C)(C)CNC(=O)c1ccc2cc1OCCCCCCOc1ccccc1CNc1nc(nc(OCC(F)(F)F)n1)N2. The quantitative estimate of drug-likeness (QED) is 0.290. The number of ether oxygens (including phenoxy) is 3. The zero-order chi connectivity index (χ0) is 33.2. The Bertz CT molecular complexity index is 1450. The number of alkyl halides is 3. The summed E-state index contributed by atoms with van der Waals surface area (Å²) in [6.07, 6.45) is -1.12. The molecule has 2 heterocycles. The number of hydrogen-bond acceptors (Lipinski definition) is 10. The lowest BCUT2D eigenvalue weighted by Gasteiger charge is -2.28. The van der Waals surface area contributed by atoms with Crippen LogP contribution in [-0.2, 0) is 6.54 Å². The molecule has 1 aliphatic rings. The van der Waals surface area contributed by atoms with Gasteiger partial charge in [-0.05, 0) is 63.4 Å². The predicted molar refractivity (Wildman–Crippen MR) is 169 cm³/mol. The van der Waals surface area contributed by atoms with Gasteiger partial charge in [-0.15, -0.1) is 0 Å². The van der Waals surface area contributed by atoms with Crippen LogP contribution < -0.4 is 30.2 Å². The normalized spacial score (nSPS) is 14.6. The molecule has 250 valence electrons. The Morgan fingerprint density at radius 1 is 0.957 bits per heavy atom. The van der Waals surface area contributed by atoms with E-state index in [-0.39, 0.29) is 29.8 Å². The molecule has 4 rings (SSSR count). The molecule has 0 spiro atoms. The average molecular weight is 646 g/mol. The number of halogens is 3. The largest absolute Gasteiger partial charge is 0.493 e. The van der Waals surface area contributed by atoms with E-state index in [0.29, 0.717) is 42.5 Å². The number of rotatable bonds is 7. The number of fused-ring (bicyclic) bond motifs is 5. The summed E-state index contributed by atoms with van der Waals surface area (Å²) < 4.78 is 55.8. The summed E-state index contributed by atoms with van der Waals surface area (Å²) >= 11 is 0. The number of benzene rings is 2. The molecule has 0 saturated heterocycles. The van der Waals surface area contributed by atoms with Gasteiger partial charge in [0.2, 0.25) is 11.9 Å². The van der Waals surface area contributed by atoms with Gasteiger partial charge in [0.25, 0.3) is 5.91 Å². The average Bonchev–Trinajstić information content (AvgIpc) is 2.98. The second-order valence-electron chi connectivity index (χ2n) is 12.2. The van der Waals surface area contributed by atoms with Gasteiger partial charge < -0.3 is 35.1 Å². The van der Waals surface area contributed by atoms with Gasteiger partial charge in [0.15, 0.2) is 6.61 Å². The van der Waals surface area contributed by atoms with Crippen LogP contribution in [0.1, 0.15) is 55.5 Å². The van der Waals surface area contributed by atoms with Gasteiger partial charge in [-0.3, -0.25) is 4.79 Å². The molecule has 0 saturated carbocycles. The van der Waals surface area contributed by atoms with E-state index in [0.717, 1.165) is 37.8 Å². The molecule has 14 heteroatoms. The number of amides is 1. The number of hydrogen-bond donors (Lipinski definition) is 3. The van der Waals surface area contributed by atoms with Crippen LogP contribution >= 0.6 is 0 Å². The Hall–Kier alpha value is -4.33. The van der Waals surface area contributed by atoms with Crippen molar-refractivity contribution in [2.75, 3.05) is 57.6 Å². The molecule has 0 unspecified atom stereocenters. The summed E-state index contributed by atoms with van der Waals surface area (Å²) in [6, 6.07) is 11.9. The zero-order valence-electron chi connectivity index (χ0n) is 26.7. The highest BCUT2D eigenvalue weighted by atomic mass is 19.4. The Morgan fingerprint density at radius 3 is 2.37 bits per heavy atom. The van der Waals surface area contributed by atoms with Crippen LogP contribution in [-0.4, -0.2) is 78.9 Å². The van der Waals surface area contributed by atoms with Gasteiger partial charge in [-0.25, -0.2) is 0 Å². The van der Waals surface area contributed by atoms with Crippen molar-refractivity contribution in [2.24, 2.45) is 5.41 Å². The van der Waals surface area contributed by atoms with E-state index in [1.54, 1.807) is 18.2 Å². The number of aromatic nitrogens is 3. The zero-order valence-corrected chi connectivity index (χ0v) is 26.7. The Kier molecular flexibility index (Phi) is 11.9. The molecule has 0 atom stereocenters. The van der Waals surface area contributed by atoms with Gasteiger partial charge in [-0.1, -0.05) is 32.0 Å². The summed E-state index contributed by atoms with van der Waals surface area (Å²) in [5, 5.41) is 9.05. The smallest absolute Gasteiger partial charge is 0.422 e. The minimum absolute atomic E-state index is 0.00444. The second kappa shape index (κ2) is 15.8. The maximum atomic E-state index is 13.3. The summed E-state index contributed by atoms with van der Waals surface area (Å²) in [4.78, 5) is 27.8. The van der Waals surface area contributed by atoms with Crippen molar-refractivity contribution in [3.05, 3.63) is 53.6 Å². The highest BCUT2D eigenvalue weighted by Crippen LogP contribution is 2.28.